The number of hydrogen-bond donors (Lipinski definition) is 0. The van der Waals surface area contributed by atoms with Crippen molar-refractivity contribution in [3.8, 4) is 0 Å². The lowest BCUT2D eigenvalue weighted by atomic mass is 10.5. The van der Waals surface area contributed by atoms with Crippen LogP contribution in [-0.2, 0) is 0 Å². The molecule has 0 aromatic heterocycles. The first-order valence-corrected chi connectivity index (χ1v) is 12.3. The predicted octanol–water partition coefficient (Wildman–Crippen LogP) is 4.57. The van der Waals surface area contributed by atoms with Crippen molar-refractivity contribution in [3.05, 3.63) is 0 Å². The lowest BCUT2D eigenvalue weighted by molar-refractivity contribution is 0.321. The molecule has 0 spiro atoms. The van der Waals surface area contributed by atoms with Crippen LogP contribution in [0, 0.1) is 0 Å². The molecule has 0 unspecified atom stereocenters. The van der Waals surface area contributed by atoms with Crippen LogP contribution in [0.1, 0.15) is 83.1 Å². The van der Waals surface area contributed by atoms with E-state index >= 15 is 0 Å². The van der Waals surface area contributed by atoms with Gasteiger partial charge in [-0.05, 0) is 78.5 Å². The summed E-state index contributed by atoms with van der Waals surface area (Å²) < 4.78 is 0. The predicted molar refractivity (Wildman–Crippen MR) is 137 cm³/mol. The molecule has 0 aliphatic carbocycles. The fraction of sp³-hybridized carbons (Fsp3) is 1.00. The SMILES string of the molecule is CCN(CC)CC.CCN(CC)CC.CCN(CC)CC.CCN(CC)CC.O. The van der Waals surface area contributed by atoms with Gasteiger partial charge >= 0.3 is 0 Å². The van der Waals surface area contributed by atoms with Gasteiger partial charge in [-0.2, -0.15) is 0 Å². The second-order valence-corrected chi connectivity index (χ2v) is 6.48. The lowest BCUT2D eigenvalue weighted by Gasteiger charge is -2.13. The van der Waals surface area contributed by atoms with Gasteiger partial charge in [0.2, 0.25) is 0 Å². The fourth-order valence-electron chi connectivity index (χ4n) is 2.68. The second-order valence-electron chi connectivity index (χ2n) is 6.48. The van der Waals surface area contributed by atoms with E-state index in [0.717, 1.165) is 0 Å². The molecule has 0 radical (unpaired) electrons. The molecule has 0 atom stereocenters. The minimum Gasteiger partial charge on any atom is -0.412 e. The van der Waals surface area contributed by atoms with Gasteiger partial charge in [0.25, 0.3) is 0 Å². The van der Waals surface area contributed by atoms with Crippen LogP contribution in [0.3, 0.4) is 0 Å². The summed E-state index contributed by atoms with van der Waals surface area (Å²) in [6, 6.07) is 0. The maximum atomic E-state index is 2.38. The molecule has 29 heavy (non-hydrogen) atoms. The van der Waals surface area contributed by atoms with Gasteiger partial charge in [0.05, 0.1) is 0 Å². The largest absolute Gasteiger partial charge is 0.412 e. The van der Waals surface area contributed by atoms with E-state index < -0.39 is 0 Å². The molecule has 0 heterocycles. The van der Waals surface area contributed by atoms with Crippen molar-refractivity contribution >= 4 is 0 Å². The summed E-state index contributed by atoms with van der Waals surface area (Å²) in [6.07, 6.45) is 0. The molecule has 0 aromatic carbocycles. The van der Waals surface area contributed by atoms with Gasteiger partial charge in [-0.3, -0.25) is 0 Å². The Balaban J connectivity index is -0.0000000873. The normalized spacial score (nSPS) is 9.93. The molecule has 0 aliphatic heterocycles. The van der Waals surface area contributed by atoms with Crippen molar-refractivity contribution in [1.29, 1.82) is 0 Å². The number of rotatable bonds is 12. The smallest absolute Gasteiger partial charge is 0.00474 e. The minimum atomic E-state index is 0. The Kier molecular flexibility index (Phi) is 47.8. The highest BCUT2D eigenvalue weighted by atomic mass is 16.0. The maximum Gasteiger partial charge on any atom is -0.00474 e. The van der Waals surface area contributed by atoms with Gasteiger partial charge in [-0.25, -0.2) is 0 Å². The van der Waals surface area contributed by atoms with Crippen molar-refractivity contribution in [2.75, 3.05) is 78.5 Å². The first-order valence-electron chi connectivity index (χ1n) is 12.3. The third kappa shape index (κ3) is 32.7. The first kappa shape index (κ1) is 39.3. The van der Waals surface area contributed by atoms with Gasteiger partial charge in [0, 0.05) is 0 Å². The molecule has 0 bridgehead atoms. The average Bonchev–Trinajstić information content (AvgIpc) is 2.75. The molecule has 0 rings (SSSR count). The zero-order valence-corrected chi connectivity index (χ0v) is 22.8. The molecule has 0 saturated heterocycles. The summed E-state index contributed by atoms with van der Waals surface area (Å²) >= 11 is 0. The summed E-state index contributed by atoms with van der Waals surface area (Å²) in [6.45, 7) is 40.5. The standard InChI is InChI=1S/4C6H15N.H2O/c4*1-4-7(5-2)6-3;/h4*4-6H2,1-3H3;1H2. The minimum absolute atomic E-state index is 0. The van der Waals surface area contributed by atoms with Crippen LogP contribution in [-0.4, -0.2) is 104 Å². The quantitative estimate of drug-likeness (QED) is 0.462. The van der Waals surface area contributed by atoms with Gasteiger partial charge < -0.3 is 25.1 Å². The van der Waals surface area contributed by atoms with Crippen LogP contribution in [0.15, 0.2) is 0 Å². The zero-order chi connectivity index (χ0) is 22.8. The van der Waals surface area contributed by atoms with Gasteiger partial charge in [-0.15, -0.1) is 0 Å². The summed E-state index contributed by atoms with van der Waals surface area (Å²) in [5.41, 5.74) is 0. The van der Waals surface area contributed by atoms with Gasteiger partial charge in [-0.1, -0.05) is 83.1 Å². The van der Waals surface area contributed by atoms with E-state index in [4.69, 9.17) is 0 Å². The van der Waals surface area contributed by atoms with Crippen molar-refractivity contribution in [2.24, 2.45) is 0 Å². The Labute approximate surface area is 187 Å². The first-order chi connectivity index (χ1) is 13.4. The molecule has 0 amide bonds. The molecule has 0 saturated carbocycles. The van der Waals surface area contributed by atoms with Gasteiger partial charge in [0.15, 0.2) is 0 Å². The molecular formula is C24H62N4O. The molecule has 5 nitrogen and oxygen atoms in total. The highest BCUT2D eigenvalue weighted by Gasteiger charge is 1.91. The van der Waals surface area contributed by atoms with Crippen LogP contribution < -0.4 is 0 Å². The fourth-order valence-corrected chi connectivity index (χ4v) is 2.68. The Morgan fingerprint density at radius 2 is 0.310 bits per heavy atom. The lowest BCUT2D eigenvalue weighted by Crippen LogP contribution is -2.21. The van der Waals surface area contributed by atoms with E-state index in [1.54, 1.807) is 0 Å². The molecular weight excluding hydrogens is 360 g/mol. The summed E-state index contributed by atoms with van der Waals surface area (Å²) in [7, 11) is 0. The Bertz CT molecular complexity index is 157. The van der Waals surface area contributed by atoms with E-state index in [1.165, 1.54) is 78.5 Å². The van der Waals surface area contributed by atoms with Crippen molar-refractivity contribution < 1.29 is 5.48 Å². The highest BCUT2D eigenvalue weighted by molar-refractivity contribution is 4.45. The topological polar surface area (TPSA) is 44.5 Å². The molecule has 5 heteroatoms. The molecule has 0 fully saturated rings. The van der Waals surface area contributed by atoms with E-state index in [2.05, 4.69) is 103 Å². The summed E-state index contributed by atoms with van der Waals surface area (Å²) in [5, 5.41) is 0. The van der Waals surface area contributed by atoms with Crippen molar-refractivity contribution in [1.82, 2.24) is 19.6 Å². The average molecular weight is 423 g/mol. The third-order valence-electron chi connectivity index (χ3n) is 5.37. The monoisotopic (exact) mass is 422 g/mol. The van der Waals surface area contributed by atoms with Crippen LogP contribution in [0.5, 0.6) is 0 Å². The molecule has 0 aliphatic rings. The maximum absolute atomic E-state index is 2.38. The number of nitrogens with zero attached hydrogens (tertiary/aromatic N) is 4. The molecule has 2 N–H and O–H groups in total. The third-order valence-corrected chi connectivity index (χ3v) is 5.37. The number of hydrogen-bond acceptors (Lipinski definition) is 4. The Hall–Kier alpha value is -0.200. The molecule has 184 valence electrons. The Morgan fingerprint density at radius 3 is 0.310 bits per heavy atom. The van der Waals surface area contributed by atoms with Crippen molar-refractivity contribution in [2.45, 2.75) is 83.1 Å². The van der Waals surface area contributed by atoms with Crippen LogP contribution in [0.4, 0.5) is 0 Å². The summed E-state index contributed by atoms with van der Waals surface area (Å²) in [5.74, 6) is 0. The van der Waals surface area contributed by atoms with Gasteiger partial charge in [0.1, 0.15) is 0 Å². The second kappa shape index (κ2) is 35.3. The Morgan fingerprint density at radius 1 is 0.241 bits per heavy atom. The van der Waals surface area contributed by atoms with E-state index in [1.807, 2.05) is 0 Å². The van der Waals surface area contributed by atoms with E-state index in [9.17, 15) is 0 Å². The van der Waals surface area contributed by atoms with Crippen LogP contribution in [0.2, 0.25) is 0 Å². The van der Waals surface area contributed by atoms with E-state index in [0.29, 0.717) is 0 Å². The van der Waals surface area contributed by atoms with Crippen LogP contribution in [0.25, 0.3) is 0 Å². The highest BCUT2D eigenvalue weighted by Crippen LogP contribution is 1.83. The summed E-state index contributed by atoms with van der Waals surface area (Å²) in [4.78, 5) is 9.50. The van der Waals surface area contributed by atoms with Crippen molar-refractivity contribution in [3.63, 3.8) is 0 Å². The van der Waals surface area contributed by atoms with E-state index in [-0.39, 0.29) is 5.48 Å². The zero-order valence-electron chi connectivity index (χ0n) is 22.8. The molecule has 0 aromatic rings. The van der Waals surface area contributed by atoms with Crippen LogP contribution >= 0.6 is 0 Å².